The third kappa shape index (κ3) is 3.51. The minimum absolute atomic E-state index is 0.0598. The van der Waals surface area contributed by atoms with E-state index >= 15 is 0 Å². The van der Waals surface area contributed by atoms with Crippen LogP contribution in [0.4, 0.5) is 4.79 Å². The highest BCUT2D eigenvalue weighted by atomic mass is 16.5. The maximum absolute atomic E-state index is 13.2. The maximum atomic E-state index is 13.2. The molecule has 2 N–H and O–H groups in total. The normalized spacial score (nSPS) is 18.8. The number of hydrogen-bond acceptors (Lipinski definition) is 4. The van der Waals surface area contributed by atoms with Crippen molar-refractivity contribution >= 4 is 18.0 Å². The molecule has 32 heavy (non-hydrogen) atoms. The highest BCUT2D eigenvalue weighted by molar-refractivity contribution is 5.95. The second-order valence-corrected chi connectivity index (χ2v) is 8.99. The second-order valence-electron chi connectivity index (χ2n) is 8.99. The molecule has 166 valence electrons. The molecule has 5 rings (SSSR count). The molecule has 0 bridgehead atoms. The lowest BCUT2D eigenvalue weighted by molar-refractivity contribution is -0.151. The number of rotatable bonds is 7. The minimum Gasteiger partial charge on any atom is -0.480 e. The molecule has 2 aromatic carbocycles. The SMILES string of the molecule is CC(C(=O)O)N(C(=O)C1(NC(=O)OCC2c3ccccc3-c3ccccc32)CC1)C1CC1. The number of amides is 2. The van der Waals surface area contributed by atoms with E-state index in [4.69, 9.17) is 4.74 Å². The van der Waals surface area contributed by atoms with E-state index < -0.39 is 23.6 Å². The number of carboxylic acids is 1. The first kappa shape index (κ1) is 20.5. The van der Waals surface area contributed by atoms with Crippen molar-refractivity contribution in [2.45, 2.75) is 56.1 Å². The van der Waals surface area contributed by atoms with Crippen LogP contribution in [-0.2, 0) is 14.3 Å². The number of carbonyl (C=O) groups excluding carboxylic acids is 2. The van der Waals surface area contributed by atoms with Gasteiger partial charge in [0.2, 0.25) is 5.91 Å². The summed E-state index contributed by atoms with van der Waals surface area (Å²) >= 11 is 0. The summed E-state index contributed by atoms with van der Waals surface area (Å²) in [7, 11) is 0. The number of alkyl carbamates (subject to hydrolysis) is 1. The smallest absolute Gasteiger partial charge is 0.408 e. The van der Waals surface area contributed by atoms with Crippen LogP contribution in [0.2, 0.25) is 0 Å². The van der Waals surface area contributed by atoms with Gasteiger partial charge in [-0.2, -0.15) is 0 Å². The molecule has 0 aliphatic heterocycles. The molecule has 0 spiro atoms. The van der Waals surface area contributed by atoms with Crippen LogP contribution >= 0.6 is 0 Å². The van der Waals surface area contributed by atoms with E-state index in [2.05, 4.69) is 17.4 Å². The summed E-state index contributed by atoms with van der Waals surface area (Å²) in [6.07, 6.45) is 1.93. The fourth-order valence-corrected chi connectivity index (χ4v) is 4.72. The van der Waals surface area contributed by atoms with E-state index in [0.29, 0.717) is 12.8 Å². The Bertz CT molecular complexity index is 1040. The molecule has 0 radical (unpaired) electrons. The average molecular weight is 434 g/mol. The van der Waals surface area contributed by atoms with Crippen molar-refractivity contribution in [3.05, 3.63) is 59.7 Å². The van der Waals surface area contributed by atoms with Gasteiger partial charge in [-0.05, 0) is 54.9 Å². The summed E-state index contributed by atoms with van der Waals surface area (Å²) in [6.45, 7) is 1.68. The van der Waals surface area contributed by atoms with Crippen molar-refractivity contribution in [1.29, 1.82) is 0 Å². The fraction of sp³-hybridized carbons (Fsp3) is 0.400. The highest BCUT2D eigenvalue weighted by Crippen LogP contribution is 2.45. The van der Waals surface area contributed by atoms with Gasteiger partial charge in [-0.1, -0.05) is 48.5 Å². The molecule has 7 heteroatoms. The van der Waals surface area contributed by atoms with Crippen molar-refractivity contribution in [2.75, 3.05) is 6.61 Å². The minimum atomic E-state index is -1.05. The zero-order chi connectivity index (χ0) is 22.5. The molecule has 7 nitrogen and oxygen atoms in total. The fourth-order valence-electron chi connectivity index (χ4n) is 4.72. The van der Waals surface area contributed by atoms with E-state index in [1.54, 1.807) is 0 Å². The van der Waals surface area contributed by atoms with Gasteiger partial charge in [0.25, 0.3) is 0 Å². The number of nitrogens with one attached hydrogen (secondary N) is 1. The maximum Gasteiger partial charge on any atom is 0.408 e. The number of carboxylic acid groups (broad SMARTS) is 1. The first-order chi connectivity index (χ1) is 15.4. The van der Waals surface area contributed by atoms with Crippen LogP contribution in [0.25, 0.3) is 11.1 Å². The van der Waals surface area contributed by atoms with Gasteiger partial charge in [0, 0.05) is 12.0 Å². The van der Waals surface area contributed by atoms with Gasteiger partial charge in [0.1, 0.15) is 18.2 Å². The van der Waals surface area contributed by atoms with Crippen LogP contribution in [0.1, 0.15) is 49.7 Å². The van der Waals surface area contributed by atoms with Crippen molar-refractivity contribution in [3.8, 4) is 11.1 Å². The lowest BCUT2D eigenvalue weighted by Crippen LogP contribution is -2.55. The third-order valence-corrected chi connectivity index (χ3v) is 6.79. The molecule has 2 saturated carbocycles. The molecule has 2 aromatic rings. The van der Waals surface area contributed by atoms with Crippen LogP contribution in [0.15, 0.2) is 48.5 Å². The molecule has 2 fully saturated rings. The van der Waals surface area contributed by atoms with Gasteiger partial charge < -0.3 is 20.1 Å². The molecule has 3 aliphatic carbocycles. The number of hydrogen-bond donors (Lipinski definition) is 2. The highest BCUT2D eigenvalue weighted by Gasteiger charge is 2.56. The van der Waals surface area contributed by atoms with Gasteiger partial charge >= 0.3 is 12.1 Å². The number of benzene rings is 2. The van der Waals surface area contributed by atoms with Gasteiger partial charge in [0.15, 0.2) is 0 Å². The first-order valence-electron chi connectivity index (χ1n) is 11.1. The number of fused-ring (bicyclic) bond motifs is 3. The zero-order valence-electron chi connectivity index (χ0n) is 17.9. The molecule has 1 unspecified atom stereocenters. The largest absolute Gasteiger partial charge is 0.480 e. The Hall–Kier alpha value is -3.35. The van der Waals surface area contributed by atoms with Gasteiger partial charge in [-0.25, -0.2) is 9.59 Å². The molecular weight excluding hydrogens is 408 g/mol. The van der Waals surface area contributed by atoms with Crippen LogP contribution in [0.3, 0.4) is 0 Å². The van der Waals surface area contributed by atoms with Crippen LogP contribution in [-0.4, -0.2) is 52.2 Å². The number of carbonyl (C=O) groups is 3. The lowest BCUT2D eigenvalue weighted by atomic mass is 9.98. The Labute approximate surface area is 186 Å². The Kier molecular flexibility index (Phi) is 4.92. The summed E-state index contributed by atoms with van der Waals surface area (Å²) in [5, 5.41) is 12.2. The topological polar surface area (TPSA) is 95.9 Å². The standard InChI is InChI=1S/C25H26N2O5/c1-15(22(28)29)27(16-10-11-16)23(30)25(12-13-25)26-24(31)32-14-21-19-8-4-2-6-17(19)18-7-3-5-9-20(18)21/h2-9,15-16,21H,10-14H2,1H3,(H,26,31)(H,28,29). The summed E-state index contributed by atoms with van der Waals surface area (Å²) in [6, 6.07) is 15.2. The average Bonchev–Trinajstić information content (AvgIpc) is 3.72. The lowest BCUT2D eigenvalue weighted by Gasteiger charge is -2.30. The zero-order valence-corrected chi connectivity index (χ0v) is 17.9. The van der Waals surface area contributed by atoms with Crippen LogP contribution in [0.5, 0.6) is 0 Å². The summed E-state index contributed by atoms with van der Waals surface area (Å²) in [5.41, 5.74) is 3.49. The van der Waals surface area contributed by atoms with Gasteiger partial charge in [-0.3, -0.25) is 4.79 Å². The van der Waals surface area contributed by atoms with E-state index in [9.17, 15) is 19.5 Å². The molecular formula is C25H26N2O5. The van der Waals surface area contributed by atoms with E-state index in [-0.39, 0.29) is 24.5 Å². The van der Waals surface area contributed by atoms with Crippen molar-refractivity contribution in [1.82, 2.24) is 10.2 Å². The van der Waals surface area contributed by atoms with Crippen molar-refractivity contribution in [3.63, 3.8) is 0 Å². The van der Waals surface area contributed by atoms with E-state index in [1.807, 2.05) is 36.4 Å². The molecule has 0 heterocycles. The van der Waals surface area contributed by atoms with E-state index in [0.717, 1.165) is 35.1 Å². The quantitative estimate of drug-likeness (QED) is 0.695. The summed E-state index contributed by atoms with van der Waals surface area (Å²) in [5.74, 6) is -1.42. The monoisotopic (exact) mass is 434 g/mol. The van der Waals surface area contributed by atoms with Gasteiger partial charge in [0.05, 0.1) is 0 Å². The Morgan fingerprint density at radius 2 is 1.62 bits per heavy atom. The molecule has 0 aromatic heterocycles. The van der Waals surface area contributed by atoms with Crippen LogP contribution < -0.4 is 5.32 Å². The predicted molar refractivity (Wildman–Crippen MR) is 117 cm³/mol. The Morgan fingerprint density at radius 3 is 2.12 bits per heavy atom. The Morgan fingerprint density at radius 1 is 1.06 bits per heavy atom. The van der Waals surface area contributed by atoms with Crippen molar-refractivity contribution < 1.29 is 24.2 Å². The number of ether oxygens (including phenoxy) is 1. The first-order valence-corrected chi connectivity index (χ1v) is 11.1. The molecule has 0 saturated heterocycles. The number of aliphatic carboxylic acids is 1. The predicted octanol–water partition coefficient (Wildman–Crippen LogP) is 3.52. The number of nitrogens with zero attached hydrogens (tertiary/aromatic N) is 1. The van der Waals surface area contributed by atoms with E-state index in [1.165, 1.54) is 11.8 Å². The van der Waals surface area contributed by atoms with Crippen LogP contribution in [0, 0.1) is 0 Å². The molecule has 2 amide bonds. The summed E-state index contributed by atoms with van der Waals surface area (Å²) in [4.78, 5) is 38.8. The molecule has 1 atom stereocenters. The molecule has 3 aliphatic rings. The second kappa shape index (κ2) is 7.65. The third-order valence-electron chi connectivity index (χ3n) is 6.79. The van der Waals surface area contributed by atoms with Crippen molar-refractivity contribution in [2.24, 2.45) is 0 Å². The Balaban J connectivity index is 1.27. The van der Waals surface area contributed by atoms with Gasteiger partial charge in [-0.15, -0.1) is 0 Å². The summed E-state index contributed by atoms with van der Waals surface area (Å²) < 4.78 is 5.59.